The van der Waals surface area contributed by atoms with Gasteiger partial charge < -0.3 is 4.74 Å². The smallest absolute Gasteiger partial charge is 0.416 e. The number of methoxy groups -OCH3 is 1. The Balaban J connectivity index is 1.80. The lowest BCUT2D eigenvalue weighted by molar-refractivity contribution is -0.145. The maximum absolute atomic E-state index is 13.4. The average Bonchev–Trinajstić information content (AvgIpc) is 2.99. The number of carbonyl (C=O) groups is 1. The van der Waals surface area contributed by atoms with Crippen LogP contribution in [0.4, 0.5) is 26.3 Å². The molecule has 4 rings (SSSR count). The molecule has 2 atom stereocenters. The van der Waals surface area contributed by atoms with Crippen LogP contribution in [0.2, 0.25) is 0 Å². The molecule has 0 aromatic heterocycles. The third-order valence-corrected chi connectivity index (χ3v) is 7.15. The van der Waals surface area contributed by atoms with Crippen LogP contribution in [0, 0.1) is 0 Å². The summed E-state index contributed by atoms with van der Waals surface area (Å²) >= 11 is 0. The van der Waals surface area contributed by atoms with Gasteiger partial charge in [-0.15, -0.1) is 0 Å². The van der Waals surface area contributed by atoms with Gasteiger partial charge in [0, 0.05) is 6.54 Å². The summed E-state index contributed by atoms with van der Waals surface area (Å²) in [5.74, 6) is -0.655. The number of likely N-dealkylation sites (N-methyl/N-ethyl adjacent to an activating group) is 1. The summed E-state index contributed by atoms with van der Waals surface area (Å²) in [4.78, 5) is 15.4. The molecule has 0 unspecified atom stereocenters. The average molecular weight is 601 g/mol. The lowest BCUT2D eigenvalue weighted by Crippen LogP contribution is -2.49. The lowest BCUT2D eigenvalue weighted by atomic mass is 9.92. The van der Waals surface area contributed by atoms with Gasteiger partial charge in [-0.3, -0.25) is 15.0 Å². The highest BCUT2D eigenvalue weighted by atomic mass is 19.4. The highest BCUT2D eigenvalue weighted by Gasteiger charge is 2.37. The van der Waals surface area contributed by atoms with Gasteiger partial charge in [-0.1, -0.05) is 84.9 Å². The standard InChI is InChI=1S/C33H30F6N2O2/c1-41(21-22-9-5-3-6-10-22)30(25-11-7-4-8-12-25)29(31(42)43-2)40-28(23-13-17-26(18-14-23)32(34,35)36)24-15-19-27(20-16-24)33(37,38)39/h3-20,28-30,40H,21H2,1-2H3/t29-,30-/m0/s1. The fraction of sp³-hybridized carbons (Fsp3) is 0.242. The van der Waals surface area contributed by atoms with Crippen LogP contribution in [-0.4, -0.2) is 31.1 Å². The van der Waals surface area contributed by atoms with Crippen molar-refractivity contribution in [2.75, 3.05) is 14.2 Å². The monoisotopic (exact) mass is 600 g/mol. The molecule has 0 heterocycles. The summed E-state index contributed by atoms with van der Waals surface area (Å²) in [6.45, 7) is 0.431. The number of hydrogen-bond donors (Lipinski definition) is 1. The van der Waals surface area contributed by atoms with Gasteiger partial charge in [-0.05, 0) is 53.6 Å². The van der Waals surface area contributed by atoms with E-state index >= 15 is 0 Å². The first-order valence-corrected chi connectivity index (χ1v) is 13.4. The van der Waals surface area contributed by atoms with E-state index < -0.39 is 47.6 Å². The van der Waals surface area contributed by atoms with E-state index in [1.54, 1.807) is 0 Å². The van der Waals surface area contributed by atoms with Crippen molar-refractivity contribution in [3.05, 3.63) is 143 Å². The molecule has 0 radical (unpaired) electrons. The number of alkyl halides is 6. The van der Waals surface area contributed by atoms with Crippen molar-refractivity contribution in [2.45, 2.75) is 37.0 Å². The van der Waals surface area contributed by atoms with Crippen molar-refractivity contribution in [1.29, 1.82) is 0 Å². The molecule has 0 fully saturated rings. The zero-order valence-corrected chi connectivity index (χ0v) is 23.4. The molecule has 4 aromatic carbocycles. The Hall–Kier alpha value is -4.15. The molecule has 0 aliphatic heterocycles. The molecule has 43 heavy (non-hydrogen) atoms. The van der Waals surface area contributed by atoms with Crippen LogP contribution < -0.4 is 5.32 Å². The predicted molar refractivity (Wildman–Crippen MR) is 151 cm³/mol. The molecular formula is C33H30F6N2O2. The molecule has 4 aromatic rings. The van der Waals surface area contributed by atoms with Crippen molar-refractivity contribution >= 4 is 5.97 Å². The van der Waals surface area contributed by atoms with E-state index in [1.165, 1.54) is 31.4 Å². The summed E-state index contributed by atoms with van der Waals surface area (Å²) in [6, 6.07) is 24.6. The van der Waals surface area contributed by atoms with E-state index in [4.69, 9.17) is 4.74 Å². The number of benzene rings is 4. The van der Waals surface area contributed by atoms with Crippen molar-refractivity contribution in [3.8, 4) is 0 Å². The molecule has 0 bridgehead atoms. The Kier molecular flexibility index (Phi) is 9.93. The van der Waals surface area contributed by atoms with Crippen LogP contribution in [-0.2, 0) is 28.4 Å². The summed E-state index contributed by atoms with van der Waals surface area (Å²) in [6.07, 6.45) is -9.16. The van der Waals surface area contributed by atoms with Gasteiger partial charge in [-0.2, -0.15) is 26.3 Å². The van der Waals surface area contributed by atoms with Crippen molar-refractivity contribution in [2.24, 2.45) is 0 Å². The first kappa shape index (κ1) is 31.8. The number of nitrogens with zero attached hydrogens (tertiary/aromatic N) is 1. The van der Waals surface area contributed by atoms with Gasteiger partial charge in [0.15, 0.2) is 0 Å². The molecule has 0 amide bonds. The molecule has 0 aliphatic carbocycles. The maximum Gasteiger partial charge on any atom is 0.416 e. The molecule has 226 valence electrons. The predicted octanol–water partition coefficient (Wildman–Crippen LogP) is 7.82. The van der Waals surface area contributed by atoms with E-state index in [0.717, 1.165) is 35.4 Å². The van der Waals surface area contributed by atoms with E-state index in [-0.39, 0.29) is 0 Å². The fourth-order valence-corrected chi connectivity index (χ4v) is 5.03. The minimum Gasteiger partial charge on any atom is -0.468 e. The quantitative estimate of drug-likeness (QED) is 0.149. The summed E-state index contributed by atoms with van der Waals surface area (Å²) in [5, 5.41) is 3.24. The normalized spacial score (nSPS) is 13.6. The van der Waals surface area contributed by atoms with E-state index in [9.17, 15) is 31.1 Å². The molecular weight excluding hydrogens is 570 g/mol. The molecule has 0 saturated carbocycles. The van der Waals surface area contributed by atoms with Crippen LogP contribution >= 0.6 is 0 Å². The molecule has 1 N–H and O–H groups in total. The van der Waals surface area contributed by atoms with Gasteiger partial charge in [-0.25, -0.2) is 0 Å². The zero-order chi connectivity index (χ0) is 31.2. The number of ether oxygens (including phenoxy) is 1. The number of hydrogen-bond acceptors (Lipinski definition) is 4. The Labute approximate surface area is 245 Å². The fourth-order valence-electron chi connectivity index (χ4n) is 5.03. The number of rotatable bonds is 10. The zero-order valence-electron chi connectivity index (χ0n) is 23.4. The maximum atomic E-state index is 13.4. The van der Waals surface area contributed by atoms with Gasteiger partial charge >= 0.3 is 18.3 Å². The minimum atomic E-state index is -4.58. The first-order chi connectivity index (χ1) is 20.4. The molecule has 10 heteroatoms. The van der Waals surface area contributed by atoms with E-state index in [2.05, 4.69) is 5.32 Å². The second-order valence-corrected chi connectivity index (χ2v) is 10.1. The molecule has 0 aliphatic rings. The van der Waals surface area contributed by atoms with Crippen LogP contribution in [0.1, 0.15) is 45.5 Å². The second kappa shape index (κ2) is 13.4. The van der Waals surface area contributed by atoms with Gasteiger partial charge in [0.05, 0.1) is 30.3 Å². The number of nitrogens with one attached hydrogen (secondary N) is 1. The van der Waals surface area contributed by atoms with Gasteiger partial charge in [0.1, 0.15) is 6.04 Å². The minimum absolute atomic E-state index is 0.319. The number of esters is 1. The number of halogens is 6. The second-order valence-electron chi connectivity index (χ2n) is 10.1. The highest BCUT2D eigenvalue weighted by Crippen LogP contribution is 2.35. The Morgan fingerprint density at radius 1 is 0.698 bits per heavy atom. The third-order valence-electron chi connectivity index (χ3n) is 7.15. The first-order valence-electron chi connectivity index (χ1n) is 13.4. The van der Waals surface area contributed by atoms with Crippen molar-refractivity contribution in [3.63, 3.8) is 0 Å². The SMILES string of the molecule is COC(=O)[C@@H](NC(c1ccc(C(F)(F)F)cc1)c1ccc(C(F)(F)F)cc1)[C@H](c1ccccc1)N(C)Cc1ccccc1. The highest BCUT2D eigenvalue weighted by molar-refractivity contribution is 5.77. The van der Waals surface area contributed by atoms with E-state index in [0.29, 0.717) is 17.7 Å². The van der Waals surface area contributed by atoms with Crippen LogP contribution in [0.3, 0.4) is 0 Å². The van der Waals surface area contributed by atoms with Gasteiger partial charge in [0.25, 0.3) is 0 Å². The third kappa shape index (κ3) is 8.03. The summed E-state index contributed by atoms with van der Waals surface area (Å²) in [7, 11) is 3.05. The number of carbonyl (C=O) groups excluding carboxylic acids is 1. The topological polar surface area (TPSA) is 41.6 Å². The van der Waals surface area contributed by atoms with Crippen LogP contribution in [0.15, 0.2) is 109 Å². The Morgan fingerprint density at radius 3 is 1.56 bits per heavy atom. The Bertz CT molecular complexity index is 1400. The van der Waals surface area contributed by atoms with E-state index in [1.807, 2.05) is 72.6 Å². The summed E-state index contributed by atoms with van der Waals surface area (Å²) in [5.41, 5.74) is 0.603. The Morgan fingerprint density at radius 2 is 1.14 bits per heavy atom. The van der Waals surface area contributed by atoms with Gasteiger partial charge in [0.2, 0.25) is 0 Å². The molecule has 0 spiro atoms. The molecule has 4 nitrogen and oxygen atoms in total. The van der Waals surface area contributed by atoms with Crippen LogP contribution in [0.25, 0.3) is 0 Å². The van der Waals surface area contributed by atoms with Crippen molar-refractivity contribution in [1.82, 2.24) is 10.2 Å². The summed E-state index contributed by atoms with van der Waals surface area (Å²) < 4.78 is 85.2. The van der Waals surface area contributed by atoms with Crippen LogP contribution in [0.5, 0.6) is 0 Å². The van der Waals surface area contributed by atoms with Crippen molar-refractivity contribution < 1.29 is 35.9 Å². The lowest BCUT2D eigenvalue weighted by Gasteiger charge is -2.36. The molecule has 0 saturated heterocycles. The largest absolute Gasteiger partial charge is 0.468 e.